The molecule has 2 aromatic rings. The van der Waals surface area contributed by atoms with Gasteiger partial charge in [-0.3, -0.25) is 0 Å². The molecule has 196 valence electrons. The summed E-state index contributed by atoms with van der Waals surface area (Å²) in [6, 6.07) is 2.10. The summed E-state index contributed by atoms with van der Waals surface area (Å²) in [6.45, 7) is 9.06. The molecule has 1 aliphatic carbocycles. The standard InChI is InChI=1S/C25H33BrClN5O4/c1-24(2,3)36-23(33)31-8-9-32-15(11-31)12-34-20-18-17(10-16(26)19(20)27)28-22(29-21(18)32)35-14-25(6-7-25)13-30(4)5/h10,15H,6-9,11-14H2,1-5H3/t15-/m1/s1. The van der Waals surface area contributed by atoms with Crippen LogP contribution in [-0.2, 0) is 4.74 Å². The summed E-state index contributed by atoms with van der Waals surface area (Å²) in [5.41, 5.74) is 0.307. The summed E-state index contributed by atoms with van der Waals surface area (Å²) < 4.78 is 18.7. The van der Waals surface area contributed by atoms with E-state index in [0.29, 0.717) is 59.6 Å². The molecule has 0 N–H and O–H groups in total. The molecule has 1 amide bonds. The van der Waals surface area contributed by atoms with Crippen LogP contribution in [0.15, 0.2) is 10.5 Å². The van der Waals surface area contributed by atoms with Crippen LogP contribution >= 0.6 is 27.5 Å². The molecule has 2 fully saturated rings. The third-order valence-corrected chi connectivity index (χ3v) is 7.97. The van der Waals surface area contributed by atoms with E-state index >= 15 is 0 Å². The van der Waals surface area contributed by atoms with Crippen LogP contribution in [0, 0.1) is 5.41 Å². The second kappa shape index (κ2) is 9.36. The van der Waals surface area contributed by atoms with Crippen LogP contribution in [0.1, 0.15) is 33.6 Å². The van der Waals surface area contributed by atoms with Gasteiger partial charge in [-0.15, -0.1) is 0 Å². The number of carbonyl (C=O) groups is 1. The van der Waals surface area contributed by atoms with E-state index in [1.165, 1.54) is 0 Å². The second-order valence-corrected chi connectivity index (χ2v) is 12.6. The van der Waals surface area contributed by atoms with E-state index < -0.39 is 5.60 Å². The number of benzene rings is 1. The van der Waals surface area contributed by atoms with Gasteiger partial charge < -0.3 is 28.9 Å². The maximum atomic E-state index is 12.8. The van der Waals surface area contributed by atoms with Crippen LogP contribution in [-0.4, -0.2) is 91.0 Å². The first kappa shape index (κ1) is 25.6. The molecule has 1 saturated carbocycles. The predicted octanol–water partition coefficient (Wildman–Crippen LogP) is 4.58. The van der Waals surface area contributed by atoms with Gasteiger partial charge in [-0.05, 0) is 69.7 Å². The Kier molecular flexibility index (Phi) is 6.66. The first-order chi connectivity index (χ1) is 16.9. The van der Waals surface area contributed by atoms with Gasteiger partial charge in [0.1, 0.15) is 18.0 Å². The van der Waals surface area contributed by atoms with Gasteiger partial charge in [-0.2, -0.15) is 9.97 Å². The molecule has 1 atom stereocenters. The molecular formula is C25H33BrClN5O4. The summed E-state index contributed by atoms with van der Waals surface area (Å²) >= 11 is 10.2. The van der Waals surface area contributed by atoms with E-state index in [9.17, 15) is 4.79 Å². The average Bonchev–Trinajstić information content (AvgIpc) is 3.57. The lowest BCUT2D eigenvalue weighted by molar-refractivity contribution is 0.0202. The SMILES string of the molecule is CN(C)CC1(COc2nc3c4c(c(Cl)c(Br)cc4n2)OC[C@H]2CN(C(=O)OC(C)(C)C)CCN32)CC1. The summed E-state index contributed by atoms with van der Waals surface area (Å²) in [6.07, 6.45) is 1.95. The highest BCUT2D eigenvalue weighted by Gasteiger charge is 2.44. The highest BCUT2D eigenvalue weighted by atomic mass is 79.9. The van der Waals surface area contributed by atoms with Crippen molar-refractivity contribution in [2.24, 2.45) is 5.41 Å². The molecule has 3 heterocycles. The molecule has 1 aromatic heterocycles. The number of carbonyl (C=O) groups excluding carboxylic acids is 1. The van der Waals surface area contributed by atoms with Crippen LogP contribution in [0.25, 0.3) is 10.9 Å². The van der Waals surface area contributed by atoms with Gasteiger partial charge >= 0.3 is 12.1 Å². The Morgan fingerprint density at radius 2 is 2.06 bits per heavy atom. The van der Waals surface area contributed by atoms with Crippen molar-refractivity contribution in [3.8, 4) is 11.8 Å². The van der Waals surface area contributed by atoms with Crippen LogP contribution < -0.4 is 14.4 Å². The van der Waals surface area contributed by atoms with E-state index in [1.54, 1.807) is 4.90 Å². The van der Waals surface area contributed by atoms with Crippen molar-refractivity contribution in [2.75, 3.05) is 58.4 Å². The van der Waals surface area contributed by atoms with Crippen molar-refractivity contribution in [1.82, 2.24) is 19.8 Å². The fourth-order valence-electron chi connectivity index (χ4n) is 4.94. The fourth-order valence-corrected chi connectivity index (χ4v) is 5.54. The maximum Gasteiger partial charge on any atom is 0.410 e. The minimum atomic E-state index is -0.555. The van der Waals surface area contributed by atoms with Crippen molar-refractivity contribution in [3.63, 3.8) is 0 Å². The molecule has 3 aliphatic rings. The van der Waals surface area contributed by atoms with Crippen molar-refractivity contribution in [1.29, 1.82) is 0 Å². The summed E-state index contributed by atoms with van der Waals surface area (Å²) in [4.78, 5) is 28.5. The lowest BCUT2D eigenvalue weighted by atomic mass is 10.1. The van der Waals surface area contributed by atoms with Gasteiger partial charge in [0.15, 0.2) is 5.75 Å². The molecule has 2 aliphatic heterocycles. The zero-order valence-corrected chi connectivity index (χ0v) is 23.8. The largest absolute Gasteiger partial charge is 0.489 e. The lowest BCUT2D eigenvalue weighted by Crippen LogP contribution is -2.57. The summed E-state index contributed by atoms with van der Waals surface area (Å²) in [5.74, 6) is 1.27. The molecule has 0 radical (unpaired) electrons. The third-order valence-electron chi connectivity index (χ3n) is 6.74. The van der Waals surface area contributed by atoms with Crippen molar-refractivity contribution in [3.05, 3.63) is 15.6 Å². The Morgan fingerprint density at radius 1 is 1.31 bits per heavy atom. The first-order valence-corrected chi connectivity index (χ1v) is 13.5. The van der Waals surface area contributed by atoms with E-state index in [-0.39, 0.29) is 17.6 Å². The molecule has 0 bridgehead atoms. The number of piperazine rings is 1. The smallest absolute Gasteiger partial charge is 0.410 e. The Balaban J connectivity index is 1.46. The van der Waals surface area contributed by atoms with Crippen LogP contribution in [0.3, 0.4) is 0 Å². The molecule has 0 spiro atoms. The maximum absolute atomic E-state index is 12.8. The van der Waals surface area contributed by atoms with Gasteiger partial charge in [0, 0.05) is 36.1 Å². The number of rotatable bonds is 5. The van der Waals surface area contributed by atoms with Crippen molar-refractivity contribution in [2.45, 2.75) is 45.3 Å². The highest BCUT2D eigenvalue weighted by molar-refractivity contribution is 9.10. The lowest BCUT2D eigenvalue weighted by Gasteiger charge is -2.41. The molecule has 11 heteroatoms. The van der Waals surface area contributed by atoms with Gasteiger partial charge in [-0.1, -0.05) is 11.6 Å². The summed E-state index contributed by atoms with van der Waals surface area (Å²) in [5, 5.41) is 1.24. The monoisotopic (exact) mass is 581 g/mol. The van der Waals surface area contributed by atoms with Crippen molar-refractivity contribution >= 4 is 50.3 Å². The number of fused-ring (bicyclic) bond motifs is 2. The molecular weight excluding hydrogens is 550 g/mol. The number of amides is 1. The normalized spacial score (nSPS) is 20.6. The van der Waals surface area contributed by atoms with Gasteiger partial charge in [0.2, 0.25) is 0 Å². The number of hydrogen-bond donors (Lipinski definition) is 0. The minimum absolute atomic E-state index is 0.122. The molecule has 36 heavy (non-hydrogen) atoms. The number of halogens is 2. The van der Waals surface area contributed by atoms with E-state index in [4.69, 9.17) is 35.8 Å². The zero-order valence-electron chi connectivity index (χ0n) is 21.4. The molecule has 5 rings (SSSR count). The minimum Gasteiger partial charge on any atom is -0.489 e. The fraction of sp³-hybridized carbons (Fsp3) is 0.640. The number of aromatic nitrogens is 2. The number of ether oxygens (including phenoxy) is 3. The van der Waals surface area contributed by atoms with Gasteiger partial charge in [0.05, 0.1) is 28.6 Å². The Bertz CT molecular complexity index is 1180. The van der Waals surface area contributed by atoms with E-state index in [0.717, 1.165) is 30.6 Å². The quantitative estimate of drug-likeness (QED) is 0.507. The highest BCUT2D eigenvalue weighted by Crippen LogP contribution is 2.47. The van der Waals surface area contributed by atoms with Crippen LogP contribution in [0.2, 0.25) is 5.02 Å². The average molecular weight is 583 g/mol. The summed E-state index contributed by atoms with van der Waals surface area (Å²) in [7, 11) is 4.17. The van der Waals surface area contributed by atoms with Crippen LogP contribution in [0.5, 0.6) is 11.8 Å². The first-order valence-electron chi connectivity index (χ1n) is 12.3. The molecule has 1 saturated heterocycles. The molecule has 9 nitrogen and oxygen atoms in total. The van der Waals surface area contributed by atoms with Crippen molar-refractivity contribution < 1.29 is 19.0 Å². The number of hydrogen-bond acceptors (Lipinski definition) is 8. The van der Waals surface area contributed by atoms with E-state index in [1.807, 2.05) is 26.8 Å². The number of nitrogens with zero attached hydrogens (tertiary/aromatic N) is 5. The zero-order chi connectivity index (χ0) is 25.8. The Hall–Kier alpha value is -2.04. The molecule has 0 unspecified atom stereocenters. The molecule has 1 aromatic carbocycles. The van der Waals surface area contributed by atoms with Gasteiger partial charge in [-0.25, -0.2) is 4.79 Å². The Morgan fingerprint density at radius 3 is 2.72 bits per heavy atom. The van der Waals surface area contributed by atoms with Crippen LogP contribution in [0.4, 0.5) is 10.6 Å². The topological polar surface area (TPSA) is 80.3 Å². The van der Waals surface area contributed by atoms with E-state index in [2.05, 4.69) is 39.8 Å². The number of anilines is 1. The second-order valence-electron chi connectivity index (χ2n) is 11.3. The van der Waals surface area contributed by atoms with Gasteiger partial charge in [0.25, 0.3) is 0 Å². The Labute approximate surface area is 225 Å². The third kappa shape index (κ3) is 5.17. The predicted molar refractivity (Wildman–Crippen MR) is 142 cm³/mol.